The third-order valence-corrected chi connectivity index (χ3v) is 5.88. The van der Waals surface area contributed by atoms with Gasteiger partial charge in [0, 0.05) is 24.6 Å². The smallest absolute Gasteiger partial charge is 0.339 e. The van der Waals surface area contributed by atoms with Gasteiger partial charge in [0.15, 0.2) is 0 Å². The van der Waals surface area contributed by atoms with Crippen molar-refractivity contribution >= 4 is 22.3 Å². The summed E-state index contributed by atoms with van der Waals surface area (Å²) in [6.45, 7) is 3.79. The number of hydrogen-bond acceptors (Lipinski definition) is 5. The van der Waals surface area contributed by atoms with Crippen LogP contribution in [0.2, 0.25) is 0 Å². The Morgan fingerprint density at radius 3 is 3.05 bits per heavy atom. The molecule has 5 nitrogen and oxygen atoms in total. The summed E-state index contributed by atoms with van der Waals surface area (Å²) < 4.78 is 5.70. The molecule has 1 aromatic heterocycles. The molecule has 4 rings (SSSR count). The number of rotatable bonds is 3. The largest absolute Gasteiger partial charge is 0.478 e. The van der Waals surface area contributed by atoms with Crippen molar-refractivity contribution in [2.75, 3.05) is 25.0 Å². The van der Waals surface area contributed by atoms with E-state index in [-0.39, 0.29) is 6.23 Å². The van der Waals surface area contributed by atoms with Gasteiger partial charge < -0.3 is 15.2 Å². The van der Waals surface area contributed by atoms with Crippen LogP contribution in [0.1, 0.15) is 52.4 Å². The Balaban J connectivity index is 1.67. The van der Waals surface area contributed by atoms with E-state index < -0.39 is 5.97 Å². The standard InChI is InChI=1S/C15H20N2O3S/c18-15(19)13-12-9-4-5-17(7-9)8-10(12)21-14(13)16-11-3-1-2-6-20-11/h9,11,16H,1-8H2,(H,18,19). The molecule has 4 heterocycles. The van der Waals surface area contributed by atoms with Gasteiger partial charge in [-0.15, -0.1) is 11.3 Å². The van der Waals surface area contributed by atoms with Gasteiger partial charge in [-0.05, 0) is 43.7 Å². The molecule has 2 bridgehead atoms. The Morgan fingerprint density at radius 2 is 2.29 bits per heavy atom. The van der Waals surface area contributed by atoms with E-state index in [1.54, 1.807) is 11.3 Å². The Hall–Kier alpha value is -1.11. The van der Waals surface area contributed by atoms with Crippen molar-refractivity contribution in [3.05, 3.63) is 16.0 Å². The quantitative estimate of drug-likeness (QED) is 0.899. The van der Waals surface area contributed by atoms with Crippen LogP contribution < -0.4 is 5.32 Å². The average Bonchev–Trinajstić information content (AvgIpc) is 3.02. The highest BCUT2D eigenvalue weighted by atomic mass is 32.1. The first kappa shape index (κ1) is 13.5. The number of nitrogens with one attached hydrogen (secondary N) is 1. The Morgan fingerprint density at radius 1 is 1.38 bits per heavy atom. The molecule has 1 aromatic rings. The molecule has 3 atom stereocenters. The highest BCUT2D eigenvalue weighted by molar-refractivity contribution is 7.16. The summed E-state index contributed by atoms with van der Waals surface area (Å²) in [6, 6.07) is 0. The number of ether oxygens (including phenoxy) is 1. The Bertz CT molecular complexity index is 566. The maximum atomic E-state index is 11.8. The summed E-state index contributed by atoms with van der Waals surface area (Å²) in [5.41, 5.74) is 1.61. The summed E-state index contributed by atoms with van der Waals surface area (Å²) in [5.74, 6) is -0.398. The van der Waals surface area contributed by atoms with E-state index in [0.717, 1.165) is 62.5 Å². The summed E-state index contributed by atoms with van der Waals surface area (Å²) in [4.78, 5) is 15.4. The van der Waals surface area contributed by atoms with Crippen LogP contribution in [0.5, 0.6) is 0 Å². The summed E-state index contributed by atoms with van der Waals surface area (Å²) >= 11 is 1.62. The van der Waals surface area contributed by atoms with Crippen LogP contribution in [0.25, 0.3) is 0 Å². The Labute approximate surface area is 127 Å². The second-order valence-electron chi connectivity index (χ2n) is 6.17. The molecule has 0 saturated carbocycles. The molecule has 0 amide bonds. The predicted molar refractivity (Wildman–Crippen MR) is 81.1 cm³/mol. The molecule has 0 radical (unpaired) electrons. The molecule has 6 heteroatoms. The van der Waals surface area contributed by atoms with Gasteiger partial charge in [-0.25, -0.2) is 4.79 Å². The molecule has 0 aliphatic carbocycles. The number of aromatic carboxylic acids is 1. The average molecular weight is 308 g/mol. The van der Waals surface area contributed by atoms with Crippen LogP contribution in [-0.4, -0.2) is 41.9 Å². The van der Waals surface area contributed by atoms with Crippen molar-refractivity contribution in [1.29, 1.82) is 0 Å². The van der Waals surface area contributed by atoms with E-state index in [1.807, 2.05) is 0 Å². The fraction of sp³-hybridized carbons (Fsp3) is 0.667. The van der Waals surface area contributed by atoms with Crippen molar-refractivity contribution in [1.82, 2.24) is 4.90 Å². The van der Waals surface area contributed by atoms with E-state index in [2.05, 4.69) is 10.2 Å². The van der Waals surface area contributed by atoms with E-state index in [0.29, 0.717) is 11.5 Å². The van der Waals surface area contributed by atoms with E-state index in [4.69, 9.17) is 4.74 Å². The number of carbonyl (C=O) groups is 1. The van der Waals surface area contributed by atoms with Gasteiger partial charge in [0.05, 0.1) is 5.56 Å². The lowest BCUT2D eigenvalue weighted by Gasteiger charge is -2.24. The number of fused-ring (bicyclic) bond motifs is 4. The van der Waals surface area contributed by atoms with E-state index in [1.165, 1.54) is 4.88 Å². The molecule has 0 aromatic carbocycles. The predicted octanol–water partition coefficient (Wildman–Crippen LogP) is 2.69. The van der Waals surface area contributed by atoms with Crippen molar-refractivity contribution in [2.24, 2.45) is 0 Å². The van der Waals surface area contributed by atoms with Gasteiger partial charge in [-0.1, -0.05) is 0 Å². The monoisotopic (exact) mass is 308 g/mol. The van der Waals surface area contributed by atoms with E-state index in [9.17, 15) is 9.90 Å². The second-order valence-corrected chi connectivity index (χ2v) is 7.27. The fourth-order valence-electron chi connectivity index (χ4n) is 3.77. The molecule has 114 valence electrons. The van der Waals surface area contributed by atoms with Crippen molar-refractivity contribution in [2.45, 2.75) is 44.4 Å². The zero-order valence-electron chi connectivity index (χ0n) is 11.9. The zero-order chi connectivity index (χ0) is 14.4. The number of anilines is 1. The van der Waals surface area contributed by atoms with Crippen LogP contribution in [0.4, 0.5) is 5.00 Å². The normalized spacial score (nSPS) is 31.0. The van der Waals surface area contributed by atoms with Crippen molar-refractivity contribution in [3.8, 4) is 0 Å². The van der Waals surface area contributed by atoms with Crippen LogP contribution in [0.15, 0.2) is 0 Å². The highest BCUT2D eigenvalue weighted by Crippen LogP contribution is 2.46. The number of carboxylic acid groups (broad SMARTS) is 1. The molecule has 0 spiro atoms. The minimum atomic E-state index is -0.800. The second kappa shape index (κ2) is 5.26. The van der Waals surface area contributed by atoms with Crippen molar-refractivity contribution in [3.63, 3.8) is 0 Å². The first-order valence-corrected chi connectivity index (χ1v) is 8.53. The summed E-state index contributed by atoms with van der Waals surface area (Å²) in [7, 11) is 0. The third kappa shape index (κ3) is 2.35. The fourth-order valence-corrected chi connectivity index (χ4v) is 5.13. The molecule has 2 fully saturated rings. The van der Waals surface area contributed by atoms with Gasteiger partial charge in [0.1, 0.15) is 11.2 Å². The van der Waals surface area contributed by atoms with Crippen molar-refractivity contribution < 1.29 is 14.6 Å². The highest BCUT2D eigenvalue weighted by Gasteiger charge is 2.38. The van der Waals surface area contributed by atoms with E-state index >= 15 is 0 Å². The first-order chi connectivity index (χ1) is 10.2. The summed E-state index contributed by atoms with van der Waals surface area (Å²) in [5, 5.41) is 13.8. The molecule has 3 unspecified atom stereocenters. The molecule has 3 aliphatic rings. The molecular weight excluding hydrogens is 288 g/mol. The number of hydrogen-bond donors (Lipinski definition) is 2. The SMILES string of the molecule is O=C(O)c1c(NC2CCCCO2)sc2c1C1CCN(C2)C1. The van der Waals surface area contributed by atoms with Crippen LogP contribution in [0, 0.1) is 0 Å². The van der Waals surface area contributed by atoms with Gasteiger partial charge in [-0.2, -0.15) is 0 Å². The maximum absolute atomic E-state index is 11.8. The lowest BCUT2D eigenvalue weighted by Crippen LogP contribution is -2.27. The molecule has 3 aliphatic heterocycles. The number of carboxylic acids is 1. The molecular formula is C15H20N2O3S. The minimum absolute atomic E-state index is 0.0329. The number of thiophene rings is 1. The lowest BCUT2D eigenvalue weighted by atomic mass is 9.93. The molecule has 2 saturated heterocycles. The minimum Gasteiger partial charge on any atom is -0.478 e. The van der Waals surface area contributed by atoms with Gasteiger partial charge in [-0.3, -0.25) is 4.90 Å². The van der Waals surface area contributed by atoms with Crippen LogP contribution in [0.3, 0.4) is 0 Å². The molecule has 21 heavy (non-hydrogen) atoms. The van der Waals surface area contributed by atoms with Gasteiger partial charge in [0.2, 0.25) is 0 Å². The molecule has 2 N–H and O–H groups in total. The summed E-state index contributed by atoms with van der Waals surface area (Å²) in [6.07, 6.45) is 4.25. The Kier molecular flexibility index (Phi) is 3.40. The first-order valence-electron chi connectivity index (χ1n) is 7.71. The van der Waals surface area contributed by atoms with Crippen LogP contribution in [-0.2, 0) is 11.3 Å². The zero-order valence-corrected chi connectivity index (χ0v) is 12.7. The third-order valence-electron chi connectivity index (χ3n) is 4.76. The lowest BCUT2D eigenvalue weighted by molar-refractivity contribution is 0.0344. The number of nitrogens with zero attached hydrogens (tertiary/aromatic N) is 1. The maximum Gasteiger partial charge on any atom is 0.339 e. The topological polar surface area (TPSA) is 61.8 Å². The van der Waals surface area contributed by atoms with Crippen LogP contribution >= 0.6 is 11.3 Å². The van der Waals surface area contributed by atoms with Gasteiger partial charge >= 0.3 is 5.97 Å². The van der Waals surface area contributed by atoms with Gasteiger partial charge in [0.25, 0.3) is 0 Å².